The van der Waals surface area contributed by atoms with Crippen LogP contribution in [0.15, 0.2) is 12.3 Å². The number of pyridine rings is 1. The van der Waals surface area contributed by atoms with Crippen LogP contribution in [-0.4, -0.2) is 30.0 Å². The third-order valence-electron chi connectivity index (χ3n) is 3.73. The van der Waals surface area contributed by atoms with Crippen LogP contribution in [0.3, 0.4) is 0 Å². The Labute approximate surface area is 111 Å². The molecule has 1 fully saturated rings. The van der Waals surface area contributed by atoms with Crippen molar-refractivity contribution in [1.82, 2.24) is 9.88 Å². The second-order valence-electron chi connectivity index (χ2n) is 5.72. The molecule has 1 aromatic heterocycles. The first-order valence-electron chi connectivity index (χ1n) is 7.00. The maximum absolute atomic E-state index is 4.48. The van der Waals surface area contributed by atoms with Gasteiger partial charge in [0.25, 0.3) is 0 Å². The van der Waals surface area contributed by atoms with Crippen LogP contribution in [0.2, 0.25) is 0 Å². The zero-order valence-electron chi connectivity index (χ0n) is 12.0. The minimum atomic E-state index is 0.575. The van der Waals surface area contributed by atoms with Crippen LogP contribution in [0.4, 0.5) is 5.82 Å². The van der Waals surface area contributed by atoms with E-state index in [0.29, 0.717) is 6.04 Å². The van der Waals surface area contributed by atoms with E-state index >= 15 is 0 Å². The molecule has 100 valence electrons. The zero-order chi connectivity index (χ0) is 13.1. The van der Waals surface area contributed by atoms with E-state index in [0.717, 1.165) is 11.7 Å². The number of nitrogens with zero attached hydrogens (tertiary/aromatic N) is 2. The van der Waals surface area contributed by atoms with Gasteiger partial charge in [-0.05, 0) is 49.4 Å². The van der Waals surface area contributed by atoms with Gasteiger partial charge in [0.05, 0.1) is 0 Å². The van der Waals surface area contributed by atoms with Gasteiger partial charge in [-0.1, -0.05) is 13.8 Å². The van der Waals surface area contributed by atoms with Crippen molar-refractivity contribution < 1.29 is 0 Å². The molecule has 0 unspecified atom stereocenters. The number of rotatable bonds is 4. The fourth-order valence-electron chi connectivity index (χ4n) is 2.92. The van der Waals surface area contributed by atoms with Crippen LogP contribution >= 0.6 is 0 Å². The number of likely N-dealkylation sites (tertiary alicyclic amines) is 1. The Morgan fingerprint density at radius 2 is 2.28 bits per heavy atom. The average Bonchev–Trinajstić information content (AvgIpc) is 2.76. The lowest BCUT2D eigenvalue weighted by Crippen LogP contribution is -2.27. The van der Waals surface area contributed by atoms with Crippen LogP contribution in [0.1, 0.15) is 43.9 Å². The maximum Gasteiger partial charge on any atom is 0.125 e. The molecule has 0 aliphatic carbocycles. The Bertz CT molecular complexity index is 401. The van der Waals surface area contributed by atoms with E-state index in [1.54, 1.807) is 0 Å². The lowest BCUT2D eigenvalue weighted by molar-refractivity contribution is 0.228. The van der Waals surface area contributed by atoms with Gasteiger partial charge in [-0.3, -0.25) is 4.90 Å². The van der Waals surface area contributed by atoms with Crippen molar-refractivity contribution in [3.8, 4) is 0 Å². The number of hydrogen-bond donors (Lipinski definition) is 1. The summed E-state index contributed by atoms with van der Waals surface area (Å²) in [4.78, 5) is 7.10. The Kier molecular flexibility index (Phi) is 4.23. The molecule has 1 saturated heterocycles. The molecule has 1 aliphatic heterocycles. The van der Waals surface area contributed by atoms with E-state index < -0.39 is 0 Å². The van der Waals surface area contributed by atoms with Gasteiger partial charge >= 0.3 is 0 Å². The van der Waals surface area contributed by atoms with E-state index in [1.807, 2.05) is 7.05 Å². The minimum absolute atomic E-state index is 0.575. The van der Waals surface area contributed by atoms with E-state index in [4.69, 9.17) is 0 Å². The molecule has 1 aromatic rings. The van der Waals surface area contributed by atoms with Crippen molar-refractivity contribution in [3.63, 3.8) is 0 Å². The highest BCUT2D eigenvalue weighted by Crippen LogP contribution is 2.34. The van der Waals surface area contributed by atoms with Gasteiger partial charge in [-0.15, -0.1) is 0 Å². The summed E-state index contributed by atoms with van der Waals surface area (Å²) >= 11 is 0. The Morgan fingerprint density at radius 1 is 1.50 bits per heavy atom. The zero-order valence-corrected chi connectivity index (χ0v) is 12.0. The van der Waals surface area contributed by atoms with Crippen LogP contribution < -0.4 is 5.32 Å². The summed E-state index contributed by atoms with van der Waals surface area (Å²) in [5.41, 5.74) is 2.77. The van der Waals surface area contributed by atoms with E-state index in [9.17, 15) is 0 Å². The standard InChI is InChI=1S/C15H25N3/c1-11(2)10-18-7-5-6-14(18)13-9-17-15(16-4)8-12(13)3/h8-9,11,14H,5-7,10H2,1-4H3,(H,16,17)/t14-/m1/s1. The van der Waals surface area contributed by atoms with Crippen molar-refractivity contribution >= 4 is 5.82 Å². The molecule has 2 rings (SSSR count). The first-order valence-corrected chi connectivity index (χ1v) is 7.00. The molecular weight excluding hydrogens is 222 g/mol. The molecular formula is C15H25N3. The molecule has 3 nitrogen and oxygen atoms in total. The molecule has 0 aromatic carbocycles. The normalized spacial score (nSPS) is 20.6. The molecule has 1 N–H and O–H groups in total. The minimum Gasteiger partial charge on any atom is -0.373 e. The Balaban J connectivity index is 2.19. The third kappa shape index (κ3) is 2.83. The van der Waals surface area contributed by atoms with Gasteiger partial charge in [0, 0.05) is 25.8 Å². The smallest absolute Gasteiger partial charge is 0.125 e. The second kappa shape index (κ2) is 5.70. The summed E-state index contributed by atoms with van der Waals surface area (Å²) in [6.07, 6.45) is 4.64. The number of hydrogen-bond acceptors (Lipinski definition) is 3. The summed E-state index contributed by atoms with van der Waals surface area (Å²) in [7, 11) is 1.92. The largest absolute Gasteiger partial charge is 0.373 e. The molecule has 0 amide bonds. The maximum atomic E-state index is 4.48. The summed E-state index contributed by atoms with van der Waals surface area (Å²) < 4.78 is 0. The van der Waals surface area contributed by atoms with E-state index in [2.05, 4.69) is 48.2 Å². The number of aryl methyl sites for hydroxylation is 1. The molecule has 1 aliphatic rings. The van der Waals surface area contributed by atoms with Crippen LogP contribution in [0, 0.1) is 12.8 Å². The predicted octanol–water partition coefficient (Wildman–Crippen LogP) is 3.22. The summed E-state index contributed by atoms with van der Waals surface area (Å²) in [6.45, 7) is 9.22. The molecule has 1 atom stereocenters. The Hall–Kier alpha value is -1.09. The van der Waals surface area contributed by atoms with Crippen molar-refractivity contribution in [3.05, 3.63) is 23.4 Å². The fourth-order valence-corrected chi connectivity index (χ4v) is 2.92. The summed E-state index contributed by atoms with van der Waals surface area (Å²) in [6, 6.07) is 2.73. The predicted molar refractivity (Wildman–Crippen MR) is 76.9 cm³/mol. The van der Waals surface area contributed by atoms with Gasteiger partial charge in [0.2, 0.25) is 0 Å². The van der Waals surface area contributed by atoms with Crippen LogP contribution in [0.5, 0.6) is 0 Å². The highest BCUT2D eigenvalue weighted by atomic mass is 15.2. The SMILES string of the molecule is CNc1cc(C)c([C@H]2CCCN2CC(C)C)cn1. The molecule has 0 bridgehead atoms. The quantitative estimate of drug-likeness (QED) is 0.885. The number of anilines is 1. The van der Waals surface area contributed by atoms with Gasteiger partial charge in [-0.2, -0.15) is 0 Å². The summed E-state index contributed by atoms with van der Waals surface area (Å²) in [5, 5.41) is 3.10. The van der Waals surface area contributed by atoms with Gasteiger partial charge in [-0.25, -0.2) is 4.98 Å². The lowest BCUT2D eigenvalue weighted by Gasteiger charge is -2.27. The monoisotopic (exact) mass is 247 g/mol. The topological polar surface area (TPSA) is 28.2 Å². The highest BCUT2D eigenvalue weighted by Gasteiger charge is 2.27. The fraction of sp³-hybridized carbons (Fsp3) is 0.667. The number of nitrogens with one attached hydrogen (secondary N) is 1. The van der Waals surface area contributed by atoms with Gasteiger partial charge in [0.1, 0.15) is 5.82 Å². The first-order chi connectivity index (χ1) is 8.61. The Morgan fingerprint density at radius 3 is 2.89 bits per heavy atom. The van der Waals surface area contributed by atoms with Crippen LogP contribution in [0.25, 0.3) is 0 Å². The third-order valence-corrected chi connectivity index (χ3v) is 3.73. The van der Waals surface area contributed by atoms with E-state index in [1.165, 1.54) is 37.1 Å². The van der Waals surface area contributed by atoms with Crippen molar-refractivity contribution in [2.45, 2.75) is 39.7 Å². The van der Waals surface area contributed by atoms with E-state index in [-0.39, 0.29) is 0 Å². The first kappa shape index (κ1) is 13.3. The van der Waals surface area contributed by atoms with Crippen molar-refractivity contribution in [2.75, 3.05) is 25.5 Å². The van der Waals surface area contributed by atoms with Gasteiger partial charge in [0.15, 0.2) is 0 Å². The molecule has 2 heterocycles. The molecule has 0 spiro atoms. The average molecular weight is 247 g/mol. The van der Waals surface area contributed by atoms with Crippen LogP contribution in [-0.2, 0) is 0 Å². The van der Waals surface area contributed by atoms with Gasteiger partial charge < -0.3 is 5.32 Å². The highest BCUT2D eigenvalue weighted by molar-refractivity contribution is 5.41. The molecule has 0 radical (unpaired) electrons. The van der Waals surface area contributed by atoms with Crippen molar-refractivity contribution in [2.24, 2.45) is 5.92 Å². The molecule has 18 heavy (non-hydrogen) atoms. The molecule has 0 saturated carbocycles. The second-order valence-corrected chi connectivity index (χ2v) is 5.72. The summed E-state index contributed by atoms with van der Waals surface area (Å²) in [5.74, 6) is 1.69. The molecule has 3 heteroatoms. The van der Waals surface area contributed by atoms with Crippen molar-refractivity contribution in [1.29, 1.82) is 0 Å². The lowest BCUT2D eigenvalue weighted by atomic mass is 10.0. The number of aromatic nitrogens is 1.